The van der Waals surface area contributed by atoms with E-state index in [2.05, 4.69) is 9.80 Å². The lowest BCUT2D eigenvalue weighted by molar-refractivity contribution is 0.101. The summed E-state index contributed by atoms with van der Waals surface area (Å²) in [6, 6.07) is 5.29. The maximum absolute atomic E-state index is 11.3. The van der Waals surface area contributed by atoms with Crippen LogP contribution in [0.25, 0.3) is 0 Å². The Labute approximate surface area is 119 Å². The Morgan fingerprint density at radius 2 is 2.15 bits per heavy atom. The van der Waals surface area contributed by atoms with Crippen LogP contribution in [-0.2, 0) is 0 Å². The third kappa shape index (κ3) is 3.11. The Kier molecular flexibility index (Phi) is 4.30. The van der Waals surface area contributed by atoms with E-state index in [-0.39, 0.29) is 23.7 Å². The van der Waals surface area contributed by atoms with Gasteiger partial charge in [0.15, 0.2) is 5.78 Å². The van der Waals surface area contributed by atoms with Crippen molar-refractivity contribution < 1.29 is 15.0 Å². The third-order valence-corrected chi connectivity index (χ3v) is 3.66. The average Bonchev–Trinajstić information content (AvgIpc) is 2.68. The molecule has 1 heterocycles. The Balaban J connectivity index is 2.25. The summed E-state index contributed by atoms with van der Waals surface area (Å²) in [6.45, 7) is 2.83. The molecule has 0 amide bonds. The number of aliphatic hydroxyl groups is 1. The van der Waals surface area contributed by atoms with Crippen molar-refractivity contribution in [3.05, 3.63) is 23.8 Å². The van der Waals surface area contributed by atoms with Crippen LogP contribution in [0.1, 0.15) is 23.7 Å². The molecule has 2 N–H and O–H groups in total. The van der Waals surface area contributed by atoms with Crippen molar-refractivity contribution in [1.29, 1.82) is 0 Å². The number of phenols is 1. The normalized spacial score (nSPS) is 22.6. The first-order valence-electron chi connectivity index (χ1n) is 6.82. The van der Waals surface area contributed by atoms with Gasteiger partial charge in [-0.3, -0.25) is 4.79 Å². The minimum Gasteiger partial charge on any atom is -0.507 e. The number of nitrogens with zero attached hydrogens (tertiary/aromatic N) is 2. The van der Waals surface area contributed by atoms with E-state index in [9.17, 15) is 15.0 Å². The van der Waals surface area contributed by atoms with Crippen LogP contribution in [0.2, 0.25) is 0 Å². The molecule has 1 aliphatic heterocycles. The van der Waals surface area contributed by atoms with Gasteiger partial charge in [0.25, 0.3) is 0 Å². The fraction of sp³-hybridized carbons (Fsp3) is 0.533. The maximum atomic E-state index is 11.3. The number of hydrogen-bond acceptors (Lipinski definition) is 5. The molecule has 1 aliphatic rings. The highest BCUT2D eigenvalue weighted by atomic mass is 16.3. The summed E-state index contributed by atoms with van der Waals surface area (Å²) < 4.78 is 0. The van der Waals surface area contributed by atoms with E-state index in [4.69, 9.17) is 0 Å². The monoisotopic (exact) mass is 278 g/mol. The molecule has 0 spiro atoms. The van der Waals surface area contributed by atoms with E-state index in [0.29, 0.717) is 18.5 Å². The highest BCUT2D eigenvalue weighted by molar-refractivity contribution is 5.97. The maximum Gasteiger partial charge on any atom is 0.163 e. The second kappa shape index (κ2) is 5.81. The van der Waals surface area contributed by atoms with Gasteiger partial charge in [0.05, 0.1) is 11.7 Å². The van der Waals surface area contributed by atoms with E-state index < -0.39 is 0 Å². The molecule has 0 radical (unpaired) electrons. The molecular weight excluding hydrogens is 256 g/mol. The second-order valence-corrected chi connectivity index (χ2v) is 5.72. The number of aromatic hydroxyl groups is 1. The quantitative estimate of drug-likeness (QED) is 0.807. The molecule has 5 nitrogen and oxygen atoms in total. The molecule has 0 aliphatic carbocycles. The molecule has 1 fully saturated rings. The topological polar surface area (TPSA) is 64.0 Å². The van der Waals surface area contributed by atoms with E-state index in [1.54, 1.807) is 12.1 Å². The zero-order valence-corrected chi connectivity index (χ0v) is 12.2. The lowest BCUT2D eigenvalue weighted by atomic mass is 10.1. The predicted octanol–water partition coefficient (Wildman–Crippen LogP) is 1.10. The number of rotatable bonds is 4. The highest BCUT2D eigenvalue weighted by Crippen LogP contribution is 2.30. The fourth-order valence-corrected chi connectivity index (χ4v) is 2.80. The predicted molar refractivity (Wildman–Crippen MR) is 78.4 cm³/mol. The van der Waals surface area contributed by atoms with Crippen LogP contribution in [0, 0.1) is 0 Å². The van der Waals surface area contributed by atoms with Gasteiger partial charge in [-0.15, -0.1) is 0 Å². The summed E-state index contributed by atoms with van der Waals surface area (Å²) in [5, 5.41) is 19.8. The van der Waals surface area contributed by atoms with Crippen LogP contribution in [-0.4, -0.2) is 60.2 Å². The zero-order chi connectivity index (χ0) is 14.9. The molecule has 0 bridgehead atoms. The largest absolute Gasteiger partial charge is 0.507 e. The summed E-state index contributed by atoms with van der Waals surface area (Å²) in [5.74, 6) is -0.152. The van der Waals surface area contributed by atoms with Crippen LogP contribution in [0.15, 0.2) is 18.2 Å². The van der Waals surface area contributed by atoms with Crippen LogP contribution in [0.5, 0.6) is 5.75 Å². The van der Waals surface area contributed by atoms with Crippen LogP contribution < -0.4 is 4.90 Å². The first-order valence-corrected chi connectivity index (χ1v) is 6.82. The lowest BCUT2D eigenvalue weighted by Crippen LogP contribution is -2.37. The number of phenolic OH excluding ortho intramolecular Hbond substituents is 1. The number of hydrogen-bond donors (Lipinski definition) is 2. The fourth-order valence-electron chi connectivity index (χ4n) is 2.80. The number of likely N-dealkylation sites (N-methyl/N-ethyl adjacent to an activating group) is 1. The number of β-amino-alcohol motifs (C(OH)–C–C–N with tert-alkyl or cyclic N) is 1. The number of aliphatic hydroxyl groups excluding tert-OH is 1. The van der Waals surface area contributed by atoms with Gasteiger partial charge in [-0.25, -0.2) is 0 Å². The van der Waals surface area contributed by atoms with Gasteiger partial charge in [-0.05, 0) is 39.6 Å². The minimum absolute atomic E-state index is 0.00000661. The third-order valence-electron chi connectivity index (χ3n) is 3.66. The molecule has 110 valence electrons. The number of benzene rings is 1. The first-order chi connectivity index (χ1) is 9.38. The highest BCUT2D eigenvalue weighted by Gasteiger charge is 2.31. The number of carbonyl (C=O) groups excluding carboxylic acids is 1. The van der Waals surface area contributed by atoms with E-state index >= 15 is 0 Å². The van der Waals surface area contributed by atoms with Crippen molar-refractivity contribution in [2.75, 3.05) is 32.1 Å². The summed E-state index contributed by atoms with van der Waals surface area (Å²) in [7, 11) is 4.00. The second-order valence-electron chi connectivity index (χ2n) is 5.72. The first kappa shape index (κ1) is 14.8. The molecule has 1 saturated heterocycles. The Bertz CT molecular complexity index is 502. The molecule has 2 rings (SSSR count). The summed E-state index contributed by atoms with van der Waals surface area (Å²) in [4.78, 5) is 15.5. The zero-order valence-electron chi connectivity index (χ0n) is 12.2. The Morgan fingerprint density at radius 3 is 2.70 bits per heavy atom. The molecule has 0 saturated carbocycles. The SMILES string of the molecule is CC(=O)c1ccc(N2CC(O)CC2CN(C)C)cc1O. The van der Waals surface area contributed by atoms with Crippen molar-refractivity contribution in [2.24, 2.45) is 0 Å². The number of anilines is 1. The van der Waals surface area contributed by atoms with Gasteiger partial charge in [0.2, 0.25) is 0 Å². The van der Waals surface area contributed by atoms with Crippen molar-refractivity contribution in [3.8, 4) is 5.75 Å². The van der Waals surface area contributed by atoms with Gasteiger partial charge in [-0.1, -0.05) is 0 Å². The Morgan fingerprint density at radius 1 is 1.45 bits per heavy atom. The average molecular weight is 278 g/mol. The van der Waals surface area contributed by atoms with E-state index in [1.807, 2.05) is 20.2 Å². The lowest BCUT2D eigenvalue weighted by Gasteiger charge is -2.29. The molecule has 2 unspecified atom stereocenters. The van der Waals surface area contributed by atoms with Crippen LogP contribution in [0.4, 0.5) is 5.69 Å². The van der Waals surface area contributed by atoms with Crippen LogP contribution >= 0.6 is 0 Å². The summed E-state index contributed by atoms with van der Waals surface area (Å²) >= 11 is 0. The molecular formula is C15H22N2O3. The van der Waals surface area contributed by atoms with Crippen molar-refractivity contribution in [3.63, 3.8) is 0 Å². The minimum atomic E-state index is -0.352. The Hall–Kier alpha value is -1.59. The van der Waals surface area contributed by atoms with Gasteiger partial charge in [0, 0.05) is 30.9 Å². The smallest absolute Gasteiger partial charge is 0.163 e. The molecule has 1 aromatic carbocycles. The molecule has 20 heavy (non-hydrogen) atoms. The number of Topliss-reactive ketones (excluding diaryl/α,β-unsaturated/α-hetero) is 1. The summed E-state index contributed by atoms with van der Waals surface area (Å²) in [6.07, 6.45) is 0.363. The molecule has 0 aromatic heterocycles. The van der Waals surface area contributed by atoms with Crippen molar-refractivity contribution in [2.45, 2.75) is 25.5 Å². The van der Waals surface area contributed by atoms with Crippen molar-refractivity contribution >= 4 is 11.5 Å². The molecule has 5 heteroatoms. The standard InChI is InChI=1S/C15H22N2O3/c1-10(18)14-5-4-11(7-15(14)20)17-9-13(19)6-12(17)8-16(2)3/h4-5,7,12-13,19-20H,6,8-9H2,1-3H3. The van der Waals surface area contributed by atoms with Crippen molar-refractivity contribution in [1.82, 2.24) is 4.90 Å². The van der Waals surface area contributed by atoms with Gasteiger partial charge in [0.1, 0.15) is 5.75 Å². The number of ketones is 1. The van der Waals surface area contributed by atoms with Crippen LogP contribution in [0.3, 0.4) is 0 Å². The van der Waals surface area contributed by atoms with Gasteiger partial charge < -0.3 is 20.0 Å². The molecule has 1 aromatic rings. The summed E-state index contributed by atoms with van der Waals surface area (Å²) in [5.41, 5.74) is 1.17. The van der Waals surface area contributed by atoms with E-state index in [1.165, 1.54) is 6.92 Å². The van der Waals surface area contributed by atoms with Gasteiger partial charge >= 0.3 is 0 Å². The van der Waals surface area contributed by atoms with Gasteiger partial charge in [-0.2, -0.15) is 0 Å². The molecule has 2 atom stereocenters. The van der Waals surface area contributed by atoms with E-state index in [0.717, 1.165) is 12.2 Å². The number of carbonyl (C=O) groups is 1.